The molecule has 4 rings (SSSR count). The molecule has 0 saturated carbocycles. The highest BCUT2D eigenvalue weighted by Gasteiger charge is 2.46. The van der Waals surface area contributed by atoms with E-state index in [0.29, 0.717) is 12.0 Å². The summed E-state index contributed by atoms with van der Waals surface area (Å²) in [6.07, 6.45) is 3.30. The zero-order valence-electron chi connectivity index (χ0n) is 8.33. The van der Waals surface area contributed by atoms with Crippen molar-refractivity contribution >= 4 is 0 Å². The Labute approximate surface area is 83.9 Å². The molecule has 4 nitrogen and oxygen atoms in total. The van der Waals surface area contributed by atoms with E-state index >= 15 is 0 Å². The van der Waals surface area contributed by atoms with Gasteiger partial charge in [-0.05, 0) is 19.4 Å². The van der Waals surface area contributed by atoms with Crippen LogP contribution in [-0.4, -0.2) is 38.4 Å². The maximum Gasteiger partial charge on any atom is 0.284 e. The van der Waals surface area contributed by atoms with Gasteiger partial charge in [-0.25, -0.2) is 0 Å². The SMILES string of the molecule is C1CNC(CC23OCC(CO2)CO3)C1. The molecule has 0 aromatic rings. The van der Waals surface area contributed by atoms with Gasteiger partial charge in [0.25, 0.3) is 5.97 Å². The van der Waals surface area contributed by atoms with Crippen LogP contribution in [0.25, 0.3) is 0 Å². The van der Waals surface area contributed by atoms with Gasteiger partial charge in [-0.1, -0.05) is 0 Å². The van der Waals surface area contributed by atoms with E-state index < -0.39 is 5.97 Å². The predicted octanol–water partition coefficient (Wildman–Crippen LogP) is 0.475. The van der Waals surface area contributed by atoms with Gasteiger partial charge < -0.3 is 19.5 Å². The molecule has 1 atom stereocenters. The minimum absolute atomic E-state index is 0.452. The zero-order valence-corrected chi connectivity index (χ0v) is 8.33. The third-order valence-electron chi connectivity index (χ3n) is 3.28. The van der Waals surface area contributed by atoms with Crippen molar-refractivity contribution in [3.63, 3.8) is 0 Å². The lowest BCUT2D eigenvalue weighted by molar-refractivity contribution is -0.451. The van der Waals surface area contributed by atoms with Crippen molar-refractivity contribution in [2.24, 2.45) is 5.92 Å². The van der Waals surface area contributed by atoms with Gasteiger partial charge in [-0.3, -0.25) is 0 Å². The molecule has 0 amide bonds. The van der Waals surface area contributed by atoms with Crippen LogP contribution >= 0.6 is 0 Å². The molecule has 0 aromatic heterocycles. The van der Waals surface area contributed by atoms with Crippen LogP contribution < -0.4 is 5.32 Å². The van der Waals surface area contributed by atoms with E-state index in [4.69, 9.17) is 14.2 Å². The fourth-order valence-corrected chi connectivity index (χ4v) is 2.41. The largest absolute Gasteiger partial charge is 0.327 e. The van der Waals surface area contributed by atoms with Crippen LogP contribution in [0.1, 0.15) is 19.3 Å². The first kappa shape index (κ1) is 9.09. The average Bonchev–Trinajstić information content (AvgIpc) is 2.72. The molecule has 0 aromatic carbocycles. The smallest absolute Gasteiger partial charge is 0.284 e. The van der Waals surface area contributed by atoms with Gasteiger partial charge in [0.05, 0.1) is 19.8 Å². The lowest BCUT2D eigenvalue weighted by atomic mass is 10.1. The van der Waals surface area contributed by atoms with Gasteiger partial charge in [-0.15, -0.1) is 0 Å². The minimum atomic E-state index is -0.712. The van der Waals surface area contributed by atoms with E-state index in [1.165, 1.54) is 12.8 Å². The third-order valence-corrected chi connectivity index (χ3v) is 3.28. The van der Waals surface area contributed by atoms with Crippen LogP contribution in [0.3, 0.4) is 0 Å². The normalized spacial score (nSPS) is 47.1. The zero-order chi connectivity index (χ0) is 9.43. The van der Waals surface area contributed by atoms with E-state index in [9.17, 15) is 0 Å². The van der Waals surface area contributed by atoms with E-state index in [0.717, 1.165) is 32.8 Å². The van der Waals surface area contributed by atoms with Gasteiger partial charge in [0.1, 0.15) is 0 Å². The summed E-state index contributed by atoms with van der Waals surface area (Å²) in [7, 11) is 0. The topological polar surface area (TPSA) is 39.7 Å². The molecule has 4 heterocycles. The highest BCUT2D eigenvalue weighted by Crippen LogP contribution is 2.34. The fraction of sp³-hybridized carbons (Fsp3) is 1.00. The average molecular weight is 199 g/mol. The first-order valence-corrected chi connectivity index (χ1v) is 5.52. The molecule has 4 heteroatoms. The Hall–Kier alpha value is -0.160. The first-order chi connectivity index (χ1) is 6.86. The Morgan fingerprint density at radius 3 is 2.43 bits per heavy atom. The summed E-state index contributed by atoms with van der Waals surface area (Å²) >= 11 is 0. The first-order valence-electron chi connectivity index (χ1n) is 5.52. The molecule has 4 aliphatic rings. The second-order valence-corrected chi connectivity index (χ2v) is 4.48. The standard InChI is InChI=1S/C10H17NO3/c1-2-9(11-3-1)4-10-12-5-8(6-13-10)7-14-10/h8-9,11H,1-7H2. The number of rotatable bonds is 2. The molecule has 2 bridgehead atoms. The fourth-order valence-electron chi connectivity index (χ4n) is 2.41. The number of ether oxygens (including phenoxy) is 3. The third kappa shape index (κ3) is 1.56. The molecular formula is C10H17NO3. The van der Waals surface area contributed by atoms with Crippen LogP contribution in [0, 0.1) is 5.92 Å². The molecule has 0 spiro atoms. The molecule has 0 aliphatic carbocycles. The number of hydrogen-bond donors (Lipinski definition) is 1. The molecule has 4 aliphatic heterocycles. The molecular weight excluding hydrogens is 182 g/mol. The Morgan fingerprint density at radius 1 is 1.14 bits per heavy atom. The maximum absolute atomic E-state index is 5.64. The van der Waals surface area contributed by atoms with Crippen LogP contribution in [0.4, 0.5) is 0 Å². The van der Waals surface area contributed by atoms with Gasteiger partial charge >= 0.3 is 0 Å². The number of hydrogen-bond acceptors (Lipinski definition) is 4. The highest BCUT2D eigenvalue weighted by atomic mass is 16.9. The van der Waals surface area contributed by atoms with Crippen molar-refractivity contribution in [1.29, 1.82) is 0 Å². The van der Waals surface area contributed by atoms with Crippen molar-refractivity contribution in [2.45, 2.75) is 31.3 Å². The lowest BCUT2D eigenvalue weighted by Crippen LogP contribution is -2.55. The quantitative estimate of drug-likeness (QED) is 0.702. The summed E-state index contributed by atoms with van der Waals surface area (Å²) in [4.78, 5) is 0. The summed E-state index contributed by atoms with van der Waals surface area (Å²) in [5.41, 5.74) is 0. The van der Waals surface area contributed by atoms with E-state index in [2.05, 4.69) is 5.32 Å². The summed E-state index contributed by atoms with van der Waals surface area (Å²) in [5.74, 6) is -0.259. The summed E-state index contributed by atoms with van der Waals surface area (Å²) in [6, 6.07) is 0.504. The molecule has 80 valence electrons. The van der Waals surface area contributed by atoms with Crippen molar-refractivity contribution < 1.29 is 14.2 Å². The number of nitrogens with one attached hydrogen (secondary N) is 1. The Balaban J connectivity index is 1.63. The van der Waals surface area contributed by atoms with Crippen molar-refractivity contribution in [3.8, 4) is 0 Å². The molecule has 1 unspecified atom stereocenters. The number of fused-ring (bicyclic) bond motifs is 3. The minimum Gasteiger partial charge on any atom is -0.327 e. The van der Waals surface area contributed by atoms with Gasteiger partial charge in [0, 0.05) is 18.4 Å². The molecule has 4 saturated heterocycles. The van der Waals surface area contributed by atoms with Gasteiger partial charge in [0.15, 0.2) is 0 Å². The van der Waals surface area contributed by atoms with E-state index in [1.54, 1.807) is 0 Å². The second kappa shape index (κ2) is 3.45. The summed E-state index contributed by atoms with van der Waals surface area (Å²) < 4.78 is 16.9. The van der Waals surface area contributed by atoms with Crippen LogP contribution in [0.5, 0.6) is 0 Å². The van der Waals surface area contributed by atoms with Gasteiger partial charge in [0.2, 0.25) is 0 Å². The Morgan fingerprint density at radius 2 is 1.86 bits per heavy atom. The van der Waals surface area contributed by atoms with Crippen LogP contribution in [-0.2, 0) is 14.2 Å². The summed E-state index contributed by atoms with van der Waals surface area (Å²) in [5, 5.41) is 3.44. The van der Waals surface area contributed by atoms with Crippen molar-refractivity contribution in [2.75, 3.05) is 26.4 Å². The van der Waals surface area contributed by atoms with Gasteiger partial charge in [-0.2, -0.15) is 0 Å². The molecule has 1 N–H and O–H groups in total. The van der Waals surface area contributed by atoms with Crippen LogP contribution in [0.2, 0.25) is 0 Å². The lowest BCUT2D eigenvalue weighted by Gasteiger charge is -2.46. The summed E-state index contributed by atoms with van der Waals surface area (Å²) in [6.45, 7) is 3.51. The monoisotopic (exact) mass is 199 g/mol. The van der Waals surface area contributed by atoms with E-state index in [1.807, 2.05) is 0 Å². The van der Waals surface area contributed by atoms with E-state index in [-0.39, 0.29) is 0 Å². The van der Waals surface area contributed by atoms with Crippen molar-refractivity contribution in [3.05, 3.63) is 0 Å². The predicted molar refractivity (Wildman–Crippen MR) is 49.7 cm³/mol. The maximum atomic E-state index is 5.64. The second-order valence-electron chi connectivity index (χ2n) is 4.48. The highest BCUT2D eigenvalue weighted by molar-refractivity contribution is 4.82. The molecule has 4 fully saturated rings. The Bertz CT molecular complexity index is 194. The molecule has 0 radical (unpaired) electrons. The van der Waals surface area contributed by atoms with Crippen LogP contribution in [0.15, 0.2) is 0 Å². The molecule has 14 heavy (non-hydrogen) atoms. The Kier molecular flexibility index (Phi) is 2.24. The van der Waals surface area contributed by atoms with Crippen molar-refractivity contribution in [1.82, 2.24) is 5.32 Å².